The van der Waals surface area contributed by atoms with Crippen LogP contribution in [-0.2, 0) is 6.42 Å². The zero-order valence-corrected chi connectivity index (χ0v) is 11.1. The second-order valence-electron chi connectivity index (χ2n) is 5.08. The minimum atomic E-state index is -0.829. The van der Waals surface area contributed by atoms with Crippen LogP contribution in [0, 0.1) is 5.92 Å². The van der Waals surface area contributed by atoms with Crippen LogP contribution in [0.1, 0.15) is 18.4 Å². The zero-order chi connectivity index (χ0) is 13.4. The molecule has 1 aromatic rings. The van der Waals surface area contributed by atoms with Crippen molar-refractivity contribution in [2.45, 2.75) is 25.4 Å². The summed E-state index contributed by atoms with van der Waals surface area (Å²) < 4.78 is 5.91. The lowest BCUT2D eigenvalue weighted by Crippen LogP contribution is -2.41. The van der Waals surface area contributed by atoms with Gasteiger partial charge in [0.15, 0.2) is 0 Å². The summed E-state index contributed by atoms with van der Waals surface area (Å²) in [7, 11) is 0. The van der Waals surface area contributed by atoms with Crippen LogP contribution < -0.4 is 4.74 Å². The Balaban J connectivity index is 1.63. The molecule has 2 aliphatic rings. The van der Waals surface area contributed by atoms with Gasteiger partial charge in [-0.1, -0.05) is 11.6 Å². The topological polar surface area (TPSA) is 62.7 Å². The summed E-state index contributed by atoms with van der Waals surface area (Å²) in [6, 6.07) is 1.85. The molecule has 2 aliphatic heterocycles. The lowest BCUT2D eigenvalue weighted by Gasteiger charge is -2.32. The number of aromatic nitrogens is 1. The van der Waals surface area contributed by atoms with Gasteiger partial charge in [-0.15, -0.1) is 0 Å². The third kappa shape index (κ3) is 2.47. The van der Waals surface area contributed by atoms with Crippen LogP contribution in [0.4, 0.5) is 4.79 Å². The van der Waals surface area contributed by atoms with Gasteiger partial charge in [-0.05, 0) is 24.8 Å². The van der Waals surface area contributed by atoms with E-state index in [0.29, 0.717) is 24.2 Å². The highest BCUT2D eigenvalue weighted by atomic mass is 35.5. The van der Waals surface area contributed by atoms with Crippen molar-refractivity contribution in [3.63, 3.8) is 0 Å². The number of ether oxygens (including phenoxy) is 1. The normalized spacial score (nSPS) is 23.0. The molecule has 1 aromatic heterocycles. The average molecular weight is 283 g/mol. The maximum Gasteiger partial charge on any atom is 0.407 e. The van der Waals surface area contributed by atoms with E-state index in [1.54, 1.807) is 6.20 Å². The number of pyridine rings is 1. The van der Waals surface area contributed by atoms with Gasteiger partial charge in [0.1, 0.15) is 17.0 Å². The molecule has 1 N–H and O–H groups in total. The maximum atomic E-state index is 10.9. The molecule has 3 rings (SSSR count). The first-order valence-electron chi connectivity index (χ1n) is 6.42. The number of fused-ring (bicyclic) bond motifs is 1. The number of carbonyl (C=O) groups is 1. The van der Waals surface area contributed by atoms with Crippen molar-refractivity contribution in [1.29, 1.82) is 0 Å². The van der Waals surface area contributed by atoms with Crippen molar-refractivity contribution in [3.05, 3.63) is 23.0 Å². The van der Waals surface area contributed by atoms with Crippen molar-refractivity contribution >= 4 is 17.7 Å². The summed E-state index contributed by atoms with van der Waals surface area (Å²) >= 11 is 5.87. The molecular formula is C13H15ClN2O3. The van der Waals surface area contributed by atoms with Crippen LogP contribution in [-0.4, -0.2) is 40.3 Å². The molecule has 1 fully saturated rings. The van der Waals surface area contributed by atoms with Gasteiger partial charge in [0.25, 0.3) is 0 Å². The second-order valence-corrected chi connectivity index (χ2v) is 5.47. The first kappa shape index (κ1) is 12.5. The van der Waals surface area contributed by atoms with E-state index in [9.17, 15) is 4.79 Å². The molecule has 1 amide bonds. The highest BCUT2D eigenvalue weighted by Crippen LogP contribution is 2.35. The number of piperidine rings is 1. The summed E-state index contributed by atoms with van der Waals surface area (Å²) in [6.45, 7) is 1.18. The fourth-order valence-electron chi connectivity index (χ4n) is 2.87. The van der Waals surface area contributed by atoms with Gasteiger partial charge < -0.3 is 14.7 Å². The molecule has 1 atom stereocenters. The van der Waals surface area contributed by atoms with Crippen molar-refractivity contribution in [1.82, 2.24) is 9.88 Å². The molecule has 3 heterocycles. The van der Waals surface area contributed by atoms with E-state index < -0.39 is 6.09 Å². The largest absolute Gasteiger partial charge is 0.488 e. The molecule has 0 radical (unpaired) electrons. The SMILES string of the molecule is O=C(O)N1CCC(C2Cc3cc(Cl)ncc3O2)CC1. The monoisotopic (exact) mass is 282 g/mol. The molecule has 0 saturated carbocycles. The molecule has 5 nitrogen and oxygen atoms in total. The molecule has 1 unspecified atom stereocenters. The van der Waals surface area contributed by atoms with Gasteiger partial charge in [-0.25, -0.2) is 9.78 Å². The third-order valence-electron chi connectivity index (χ3n) is 3.95. The van der Waals surface area contributed by atoms with Crippen LogP contribution in [0.25, 0.3) is 0 Å². The Hall–Kier alpha value is -1.49. The Morgan fingerprint density at radius 2 is 2.21 bits per heavy atom. The van der Waals surface area contributed by atoms with E-state index >= 15 is 0 Å². The van der Waals surface area contributed by atoms with Crippen LogP contribution >= 0.6 is 11.6 Å². The molecule has 6 heteroatoms. The molecule has 1 saturated heterocycles. The lowest BCUT2D eigenvalue weighted by atomic mass is 9.89. The minimum Gasteiger partial charge on any atom is -0.488 e. The van der Waals surface area contributed by atoms with Crippen LogP contribution in [0.2, 0.25) is 5.15 Å². The molecule has 19 heavy (non-hydrogen) atoms. The van der Waals surface area contributed by atoms with Crippen molar-refractivity contribution in [2.24, 2.45) is 5.92 Å². The highest BCUT2D eigenvalue weighted by Gasteiger charge is 2.34. The number of likely N-dealkylation sites (tertiary alicyclic amines) is 1. The van der Waals surface area contributed by atoms with Crippen molar-refractivity contribution in [3.8, 4) is 5.75 Å². The number of hydrogen-bond donors (Lipinski definition) is 1. The highest BCUT2D eigenvalue weighted by molar-refractivity contribution is 6.29. The molecule has 0 aromatic carbocycles. The molecule has 102 valence electrons. The van der Waals surface area contributed by atoms with Gasteiger partial charge in [-0.2, -0.15) is 0 Å². The molecule has 0 bridgehead atoms. The van der Waals surface area contributed by atoms with E-state index in [1.807, 2.05) is 6.07 Å². The first-order chi connectivity index (χ1) is 9.13. The van der Waals surface area contributed by atoms with Gasteiger partial charge >= 0.3 is 6.09 Å². The van der Waals surface area contributed by atoms with Gasteiger partial charge in [0.2, 0.25) is 0 Å². The molecule has 0 spiro atoms. The lowest BCUT2D eigenvalue weighted by molar-refractivity contribution is 0.0834. The summed E-state index contributed by atoms with van der Waals surface area (Å²) in [5.74, 6) is 1.22. The number of hydrogen-bond acceptors (Lipinski definition) is 3. The third-order valence-corrected chi connectivity index (χ3v) is 4.16. The molecular weight excluding hydrogens is 268 g/mol. The van der Waals surface area contributed by atoms with E-state index in [4.69, 9.17) is 21.4 Å². The second kappa shape index (κ2) is 4.89. The number of carboxylic acid groups (broad SMARTS) is 1. The summed E-state index contributed by atoms with van der Waals surface area (Å²) in [4.78, 5) is 16.4. The summed E-state index contributed by atoms with van der Waals surface area (Å²) in [5.41, 5.74) is 1.10. The molecule has 0 aliphatic carbocycles. The van der Waals surface area contributed by atoms with E-state index in [2.05, 4.69) is 4.98 Å². The zero-order valence-electron chi connectivity index (χ0n) is 10.4. The Morgan fingerprint density at radius 1 is 1.47 bits per heavy atom. The van der Waals surface area contributed by atoms with E-state index in [1.165, 1.54) is 4.90 Å². The van der Waals surface area contributed by atoms with E-state index in [0.717, 1.165) is 30.6 Å². The summed E-state index contributed by atoms with van der Waals surface area (Å²) in [6.07, 6.45) is 3.52. The predicted octanol–water partition coefficient (Wildman–Crippen LogP) is 2.43. The Kier molecular flexibility index (Phi) is 3.22. The number of amides is 1. The average Bonchev–Trinajstić information content (AvgIpc) is 2.81. The Morgan fingerprint density at radius 3 is 2.89 bits per heavy atom. The van der Waals surface area contributed by atoms with Gasteiger partial charge in [0, 0.05) is 25.1 Å². The fourth-order valence-corrected chi connectivity index (χ4v) is 3.05. The number of rotatable bonds is 1. The summed E-state index contributed by atoms with van der Waals surface area (Å²) in [5, 5.41) is 9.42. The maximum absolute atomic E-state index is 10.9. The van der Waals surface area contributed by atoms with Crippen molar-refractivity contribution in [2.75, 3.05) is 13.1 Å². The number of halogens is 1. The minimum absolute atomic E-state index is 0.131. The van der Waals surface area contributed by atoms with Crippen LogP contribution in [0.3, 0.4) is 0 Å². The number of nitrogens with zero attached hydrogens (tertiary/aromatic N) is 2. The van der Waals surface area contributed by atoms with Gasteiger partial charge in [0.05, 0.1) is 6.20 Å². The van der Waals surface area contributed by atoms with Gasteiger partial charge in [-0.3, -0.25) is 0 Å². The smallest absolute Gasteiger partial charge is 0.407 e. The Bertz CT molecular complexity index is 501. The first-order valence-corrected chi connectivity index (χ1v) is 6.80. The fraction of sp³-hybridized carbons (Fsp3) is 0.538. The standard InChI is InChI=1S/C13H15ClN2O3/c14-12-6-9-5-10(19-11(9)7-15-12)8-1-3-16(4-2-8)13(17)18/h6-8,10H,1-5H2,(H,17,18). The van der Waals surface area contributed by atoms with Crippen molar-refractivity contribution < 1.29 is 14.6 Å². The van der Waals surface area contributed by atoms with E-state index in [-0.39, 0.29) is 6.10 Å². The quantitative estimate of drug-likeness (QED) is 0.804. The predicted molar refractivity (Wildman–Crippen MR) is 69.7 cm³/mol. The Labute approximate surface area is 116 Å². The van der Waals surface area contributed by atoms with Crippen LogP contribution in [0.15, 0.2) is 12.3 Å². The van der Waals surface area contributed by atoms with Crippen LogP contribution in [0.5, 0.6) is 5.75 Å².